The number of benzene rings is 3. The van der Waals surface area contributed by atoms with E-state index in [1.165, 1.54) is 37.6 Å². The Labute approximate surface area is 484 Å². The highest BCUT2D eigenvalue weighted by atomic mass is 32.1. The Morgan fingerprint density at radius 3 is 1.04 bits per heavy atom. The van der Waals surface area contributed by atoms with Gasteiger partial charge in [0.1, 0.15) is 14.5 Å². The Morgan fingerprint density at radius 2 is 0.734 bits per heavy atom. The summed E-state index contributed by atoms with van der Waals surface area (Å²) in [5.74, 6) is 0.469. The van der Waals surface area contributed by atoms with Crippen molar-refractivity contribution in [3.05, 3.63) is 208 Å². The number of thiophene rings is 3. The van der Waals surface area contributed by atoms with Gasteiger partial charge in [0.25, 0.3) is 0 Å². The minimum absolute atomic E-state index is 0.144. The van der Waals surface area contributed by atoms with E-state index in [1.54, 1.807) is 34.0 Å². The maximum absolute atomic E-state index is 13.2. The first-order valence-electron chi connectivity index (χ1n) is 28.2. The lowest BCUT2D eigenvalue weighted by Crippen LogP contribution is -2.20. The van der Waals surface area contributed by atoms with Crippen LogP contribution in [0.25, 0.3) is 36.7 Å². The molecule has 79 heavy (non-hydrogen) atoms. The first-order chi connectivity index (χ1) is 37.5. The summed E-state index contributed by atoms with van der Waals surface area (Å²) >= 11 is 5.09. The molecule has 3 aromatic carbocycles. The van der Waals surface area contributed by atoms with Gasteiger partial charge in [-0.15, -0.1) is 34.0 Å². The topological polar surface area (TPSA) is 83.1 Å². The zero-order valence-corrected chi connectivity index (χ0v) is 54.1. The Kier molecular flexibility index (Phi) is 24.2. The number of nitrogens with zero attached hydrogens (tertiary/aromatic N) is 3. The fraction of sp³-hybridized carbons (Fsp3) is 0.391. The number of carbonyl (C=O) groups excluding carboxylic acids is 1. The highest BCUT2D eigenvalue weighted by Crippen LogP contribution is 2.34. The van der Waals surface area contributed by atoms with E-state index < -0.39 is 0 Å². The third kappa shape index (κ3) is 14.8. The molecular weight excluding hydrogens is 1030 g/mol. The van der Waals surface area contributed by atoms with Crippen LogP contribution in [-0.4, -0.2) is 20.0 Å². The van der Waals surface area contributed by atoms with Crippen molar-refractivity contribution in [2.24, 2.45) is 5.92 Å². The average molecular weight is 1120 g/mol. The van der Waals surface area contributed by atoms with E-state index in [-0.39, 0.29) is 21.8 Å². The Balaban J connectivity index is 0.000000244. The van der Waals surface area contributed by atoms with Crippen molar-refractivity contribution < 1.29 is 4.79 Å². The van der Waals surface area contributed by atoms with Gasteiger partial charge in [-0.3, -0.25) is 19.2 Å². The number of carbonyl (C=O) groups is 1. The van der Waals surface area contributed by atoms with Crippen molar-refractivity contribution >= 4 is 77.0 Å². The van der Waals surface area contributed by atoms with E-state index in [0.717, 1.165) is 106 Å². The van der Waals surface area contributed by atoms with Crippen LogP contribution in [0.2, 0.25) is 0 Å². The standard InChI is InChI=1S/C22H27NOS.C22H25NOS.C19H19NO2S.3C2H6/c2*1-13(2)11-19-16(5)23(12-18-9-7-14(3)8-10-18)22-20(21(19)24)15(4)17(6)25-22;1-11-5-7-15(8-6-11)9-20-13(3)16(10-21)18(22)17-12(2)14(4)23-19(17)20;3*1-2/h7-10,13H,11-12H2,1-6H3;7-11H,12H2,1-6H3;5-8,10H,9H2,1-4H3;3*1-2H3. The fourth-order valence-electron chi connectivity index (χ4n) is 9.47. The molecular formula is C69H89N3O4S3. The molecule has 0 N–H and O–H groups in total. The van der Waals surface area contributed by atoms with Crippen LogP contribution < -0.4 is 16.3 Å². The minimum Gasteiger partial charge on any atom is -0.332 e. The smallest absolute Gasteiger partial charge is 0.201 e. The molecule has 0 aliphatic carbocycles. The lowest BCUT2D eigenvalue weighted by Gasteiger charge is -2.18. The summed E-state index contributed by atoms with van der Waals surface area (Å²) in [6, 6.07) is 25.7. The van der Waals surface area contributed by atoms with Crippen LogP contribution in [0, 0.1) is 89.0 Å². The summed E-state index contributed by atoms with van der Waals surface area (Å²) in [6.07, 6.45) is 3.55. The van der Waals surface area contributed by atoms with Crippen molar-refractivity contribution in [2.45, 2.75) is 178 Å². The number of aldehydes is 1. The van der Waals surface area contributed by atoms with Gasteiger partial charge in [0.05, 0.1) is 21.7 Å². The molecule has 0 saturated carbocycles. The van der Waals surface area contributed by atoms with Crippen LogP contribution in [0.3, 0.4) is 0 Å². The first-order valence-corrected chi connectivity index (χ1v) is 30.6. The van der Waals surface area contributed by atoms with E-state index in [4.69, 9.17) is 0 Å². The molecule has 10 heteroatoms. The van der Waals surface area contributed by atoms with Crippen LogP contribution in [0.4, 0.5) is 0 Å². The van der Waals surface area contributed by atoms with E-state index in [0.29, 0.717) is 24.1 Å². The normalized spacial score (nSPS) is 10.7. The van der Waals surface area contributed by atoms with Crippen molar-refractivity contribution in [3.63, 3.8) is 0 Å². The number of pyridine rings is 3. The highest BCUT2D eigenvalue weighted by molar-refractivity contribution is 7.19. The Hall–Kier alpha value is -6.20. The van der Waals surface area contributed by atoms with E-state index >= 15 is 0 Å². The van der Waals surface area contributed by atoms with Gasteiger partial charge in [-0.1, -0.05) is 157 Å². The number of hydrogen-bond acceptors (Lipinski definition) is 7. The van der Waals surface area contributed by atoms with Gasteiger partial charge in [-0.2, -0.15) is 0 Å². The first kappa shape index (κ1) is 65.3. The van der Waals surface area contributed by atoms with E-state index in [2.05, 4.69) is 163 Å². The third-order valence-electron chi connectivity index (χ3n) is 14.3. The van der Waals surface area contributed by atoms with Crippen LogP contribution in [0.15, 0.2) is 92.8 Å². The van der Waals surface area contributed by atoms with Crippen LogP contribution >= 0.6 is 34.0 Å². The zero-order valence-electron chi connectivity index (χ0n) is 51.7. The number of rotatable bonds is 10. The summed E-state index contributed by atoms with van der Waals surface area (Å²) < 4.78 is 6.75. The molecule has 0 atom stereocenters. The van der Waals surface area contributed by atoms with E-state index in [9.17, 15) is 19.2 Å². The summed E-state index contributed by atoms with van der Waals surface area (Å²) in [5, 5.41) is 2.50. The minimum atomic E-state index is -0.144. The van der Waals surface area contributed by atoms with Gasteiger partial charge < -0.3 is 13.7 Å². The molecule has 422 valence electrons. The molecule has 0 fully saturated rings. The van der Waals surface area contributed by atoms with Gasteiger partial charge in [0.15, 0.2) is 17.1 Å². The molecule has 7 nitrogen and oxygen atoms in total. The summed E-state index contributed by atoms with van der Waals surface area (Å²) in [5.41, 5.74) is 17.1. The van der Waals surface area contributed by atoms with Crippen LogP contribution in [0.1, 0.15) is 173 Å². The molecule has 9 rings (SSSR count). The van der Waals surface area contributed by atoms with Gasteiger partial charge in [0, 0.05) is 62.5 Å². The largest absolute Gasteiger partial charge is 0.332 e. The molecule has 0 spiro atoms. The molecule has 0 saturated heterocycles. The van der Waals surface area contributed by atoms with Gasteiger partial charge in [-0.05, 0) is 143 Å². The lowest BCUT2D eigenvalue weighted by atomic mass is 9.99. The molecule has 6 heterocycles. The fourth-order valence-corrected chi connectivity index (χ4v) is 13.1. The molecule has 0 aliphatic heterocycles. The van der Waals surface area contributed by atoms with Gasteiger partial charge in [0.2, 0.25) is 5.43 Å². The number of aryl methyl sites for hydroxylation is 9. The second-order valence-corrected chi connectivity index (χ2v) is 24.2. The number of aromatic nitrogens is 3. The second kappa shape index (κ2) is 29.3. The average Bonchev–Trinajstić information content (AvgIpc) is 4.16. The number of fused-ring (bicyclic) bond motifs is 3. The van der Waals surface area contributed by atoms with Gasteiger partial charge >= 0.3 is 0 Å². The van der Waals surface area contributed by atoms with Crippen molar-refractivity contribution in [2.75, 3.05) is 0 Å². The highest BCUT2D eigenvalue weighted by Gasteiger charge is 2.22. The maximum atomic E-state index is 13.2. The van der Waals surface area contributed by atoms with Crippen LogP contribution in [-0.2, 0) is 26.1 Å². The van der Waals surface area contributed by atoms with E-state index in [1.807, 2.05) is 82.2 Å². The number of hydrogen-bond donors (Lipinski definition) is 0. The third-order valence-corrected chi connectivity index (χ3v) is 17.9. The molecule has 6 aromatic heterocycles. The Morgan fingerprint density at radius 1 is 0.443 bits per heavy atom. The molecule has 0 amide bonds. The molecule has 0 radical (unpaired) electrons. The SMILES string of the molecule is CC.CC.CC.CC(C)=Cc1c(C)n(Cc2ccc(C)cc2)c2sc(C)c(C)c2c1=O.Cc1ccc(Cn2c(C)c(C=O)c(=O)c3c(C)c(C)sc32)cc1.Cc1ccc(Cn2c(C)c(CC(C)C)c(=O)c3c(C)c(C)sc32)cc1. The van der Waals surface area contributed by atoms with Crippen molar-refractivity contribution in [3.8, 4) is 0 Å². The van der Waals surface area contributed by atoms with Crippen molar-refractivity contribution in [1.82, 2.24) is 13.7 Å². The molecule has 0 bridgehead atoms. The summed E-state index contributed by atoms with van der Waals surface area (Å²) in [7, 11) is 0. The monoisotopic (exact) mass is 1120 g/mol. The number of allylic oxidation sites excluding steroid dienone is 1. The summed E-state index contributed by atoms with van der Waals surface area (Å²) in [6.45, 7) is 47.3. The zero-order chi connectivity index (χ0) is 59.3. The van der Waals surface area contributed by atoms with Crippen LogP contribution in [0.5, 0.6) is 0 Å². The van der Waals surface area contributed by atoms with Gasteiger partial charge in [-0.25, -0.2) is 0 Å². The predicted molar refractivity (Wildman–Crippen MR) is 349 cm³/mol. The predicted octanol–water partition coefficient (Wildman–Crippen LogP) is 18.5. The second-order valence-electron chi connectivity index (χ2n) is 20.6. The maximum Gasteiger partial charge on any atom is 0.201 e. The quantitative estimate of drug-likeness (QED) is 0.128. The Bertz CT molecular complexity index is 3750. The molecule has 0 aliphatic rings. The molecule has 9 aromatic rings. The van der Waals surface area contributed by atoms with Crippen molar-refractivity contribution in [1.29, 1.82) is 0 Å². The molecule has 0 unspecified atom stereocenters. The lowest BCUT2D eigenvalue weighted by molar-refractivity contribution is 0.112. The summed E-state index contributed by atoms with van der Waals surface area (Å²) in [4.78, 5) is 57.1.